The third-order valence-corrected chi connectivity index (χ3v) is 9.20. The Morgan fingerprint density at radius 2 is 1.73 bits per heavy atom. The molecule has 0 spiro atoms. The highest BCUT2D eigenvalue weighted by Gasteiger charge is 2.41. The number of benzene rings is 1. The summed E-state index contributed by atoms with van der Waals surface area (Å²) in [6, 6.07) is 7.57. The van der Waals surface area contributed by atoms with Crippen LogP contribution in [0.4, 0.5) is 10.1 Å². The van der Waals surface area contributed by atoms with Crippen LogP contribution >= 0.6 is 11.3 Å². The largest absolute Gasteiger partial charge is 0.379 e. The molecular weight excluding hydrogens is 596 g/mol. The van der Waals surface area contributed by atoms with Gasteiger partial charge in [0.15, 0.2) is 5.13 Å². The van der Waals surface area contributed by atoms with Crippen molar-refractivity contribution in [2.75, 3.05) is 50.7 Å². The van der Waals surface area contributed by atoms with Crippen molar-refractivity contribution < 1.29 is 28.7 Å². The van der Waals surface area contributed by atoms with E-state index in [1.807, 2.05) is 37.3 Å². The Balaban J connectivity index is 1.49. The quantitative estimate of drug-likeness (QED) is 0.216. The molecule has 1 aromatic carbocycles. The molecule has 45 heavy (non-hydrogen) atoms. The third kappa shape index (κ3) is 9.55. The molecule has 2 aromatic rings. The molecule has 2 aliphatic rings. The maximum atomic E-state index is 14.1. The van der Waals surface area contributed by atoms with Crippen LogP contribution in [0, 0.1) is 5.92 Å². The number of nitrogens with zero attached hydrogens (tertiary/aromatic N) is 2. The van der Waals surface area contributed by atoms with Crippen molar-refractivity contribution in [2.24, 2.45) is 5.92 Å². The van der Waals surface area contributed by atoms with Gasteiger partial charge in [0.25, 0.3) is 5.91 Å². The Kier molecular flexibility index (Phi) is 13.3. The van der Waals surface area contributed by atoms with Gasteiger partial charge in [0, 0.05) is 18.7 Å². The van der Waals surface area contributed by atoms with Crippen LogP contribution in [0.3, 0.4) is 0 Å². The minimum absolute atomic E-state index is 0.0315. The van der Waals surface area contributed by atoms with Gasteiger partial charge in [-0.1, -0.05) is 60.9 Å². The van der Waals surface area contributed by atoms with Crippen LogP contribution in [-0.2, 0) is 28.7 Å². The summed E-state index contributed by atoms with van der Waals surface area (Å²) in [6.45, 7) is 5.21. The molecular formula is C32H46N6O6S. The van der Waals surface area contributed by atoms with Crippen LogP contribution in [0.2, 0.25) is 0 Å². The van der Waals surface area contributed by atoms with Crippen LogP contribution < -0.4 is 21.3 Å². The fourth-order valence-electron chi connectivity index (χ4n) is 5.77. The molecule has 1 saturated heterocycles. The highest BCUT2D eigenvalue weighted by atomic mass is 32.1. The van der Waals surface area contributed by atoms with Gasteiger partial charge in [-0.05, 0) is 52.5 Å². The summed E-state index contributed by atoms with van der Waals surface area (Å²) >= 11 is 1.15. The maximum Gasteiger partial charge on any atom is 0.252 e. The molecule has 4 amide bonds. The zero-order valence-corrected chi connectivity index (χ0v) is 27.3. The van der Waals surface area contributed by atoms with Gasteiger partial charge in [-0.2, -0.15) is 0 Å². The van der Waals surface area contributed by atoms with Gasteiger partial charge in [0.05, 0.1) is 19.3 Å². The molecule has 4 N–H and O–H groups in total. The number of amides is 4. The predicted octanol–water partition coefficient (Wildman–Crippen LogP) is 3.40. The van der Waals surface area contributed by atoms with E-state index in [2.05, 4.69) is 26.3 Å². The van der Waals surface area contributed by atoms with E-state index < -0.39 is 18.1 Å². The smallest absolute Gasteiger partial charge is 0.252 e. The van der Waals surface area contributed by atoms with Crippen molar-refractivity contribution in [1.82, 2.24) is 20.5 Å². The van der Waals surface area contributed by atoms with Crippen molar-refractivity contribution in [2.45, 2.75) is 76.9 Å². The van der Waals surface area contributed by atoms with E-state index in [1.54, 1.807) is 18.9 Å². The Morgan fingerprint density at radius 3 is 2.44 bits per heavy atom. The van der Waals surface area contributed by atoms with Gasteiger partial charge < -0.3 is 30.3 Å². The lowest BCUT2D eigenvalue weighted by Gasteiger charge is -2.35. The van der Waals surface area contributed by atoms with E-state index in [9.17, 15) is 19.2 Å². The first-order valence-corrected chi connectivity index (χ1v) is 16.7. The Bertz CT molecular complexity index is 1280. The molecule has 246 valence electrons. The topological polar surface area (TPSA) is 151 Å². The first kappa shape index (κ1) is 34.5. The molecule has 3 atom stereocenters. The molecule has 4 rings (SSSR count). The number of hydrogen-bond donors (Lipinski definition) is 4. The van der Waals surface area contributed by atoms with Crippen molar-refractivity contribution in [1.29, 1.82) is 0 Å². The predicted molar refractivity (Wildman–Crippen MR) is 174 cm³/mol. The fraction of sp³-hybridized carbons (Fsp3) is 0.594. The molecule has 1 aromatic heterocycles. The Morgan fingerprint density at radius 1 is 1.00 bits per heavy atom. The van der Waals surface area contributed by atoms with E-state index >= 15 is 0 Å². The molecule has 1 aliphatic heterocycles. The van der Waals surface area contributed by atoms with Crippen LogP contribution in [0.25, 0.3) is 11.3 Å². The number of likely N-dealkylation sites (tertiary alicyclic amines) is 1. The number of nitrogens with one attached hydrogen (secondary N) is 4. The highest BCUT2D eigenvalue weighted by molar-refractivity contribution is 7.20. The van der Waals surface area contributed by atoms with E-state index in [0.717, 1.165) is 49.0 Å². The number of thiazole rings is 1. The second kappa shape index (κ2) is 17.3. The third-order valence-electron chi connectivity index (χ3n) is 8.32. The van der Waals surface area contributed by atoms with Gasteiger partial charge in [-0.15, -0.1) is 0 Å². The normalized spacial score (nSPS) is 18.3. The summed E-state index contributed by atoms with van der Waals surface area (Å²) in [5, 5.41) is 12.5. The number of aromatic nitrogens is 1. The van der Waals surface area contributed by atoms with Crippen LogP contribution in [-0.4, -0.2) is 91.7 Å². The first-order chi connectivity index (χ1) is 21.8. The molecule has 13 heteroatoms. The van der Waals surface area contributed by atoms with Crippen LogP contribution in [0.15, 0.2) is 30.3 Å². The second-order valence-electron chi connectivity index (χ2n) is 11.4. The number of carbonyl (C=O) groups excluding carboxylic acids is 4. The Hall–Kier alpha value is -3.39. The SMILES string of the molecule is CCOCCOCC(=O)Nc1nc(-c2ccccc2)c(NC(=O)[C@@H]2CCCN2C(=O)[C@@H](NC(=O)[C@H](C)NC)C2CCCCC2)s1. The fourth-order valence-corrected chi connectivity index (χ4v) is 6.67. The molecule has 2 fully saturated rings. The molecule has 0 bridgehead atoms. The lowest BCUT2D eigenvalue weighted by Crippen LogP contribution is -2.57. The number of carbonyl (C=O) groups is 4. The van der Waals surface area contributed by atoms with Crippen molar-refractivity contribution in [3.05, 3.63) is 30.3 Å². The molecule has 12 nitrogen and oxygen atoms in total. The number of ether oxygens (including phenoxy) is 2. The molecule has 2 heterocycles. The summed E-state index contributed by atoms with van der Waals surface area (Å²) in [5.74, 6) is -1.09. The number of likely N-dealkylation sites (N-methyl/N-ethyl adjacent to an activating group) is 1. The number of anilines is 2. The average Bonchev–Trinajstić information content (AvgIpc) is 3.71. The van der Waals surface area contributed by atoms with Gasteiger partial charge in [0.2, 0.25) is 17.7 Å². The van der Waals surface area contributed by atoms with Gasteiger partial charge in [0.1, 0.15) is 29.4 Å². The zero-order valence-electron chi connectivity index (χ0n) is 26.4. The molecule has 1 saturated carbocycles. The van der Waals surface area contributed by atoms with Crippen molar-refractivity contribution in [3.63, 3.8) is 0 Å². The lowest BCUT2D eigenvalue weighted by atomic mass is 9.83. The second-order valence-corrected chi connectivity index (χ2v) is 12.4. The van der Waals surface area contributed by atoms with Crippen molar-refractivity contribution >= 4 is 45.1 Å². The maximum absolute atomic E-state index is 14.1. The first-order valence-electron chi connectivity index (χ1n) is 15.9. The van der Waals surface area contributed by atoms with Crippen molar-refractivity contribution in [3.8, 4) is 11.3 Å². The molecule has 0 radical (unpaired) electrons. The summed E-state index contributed by atoms with van der Waals surface area (Å²) in [7, 11) is 1.71. The number of rotatable bonds is 15. The highest BCUT2D eigenvalue weighted by Crippen LogP contribution is 2.37. The average molecular weight is 643 g/mol. The van der Waals surface area contributed by atoms with Gasteiger partial charge in [-0.3, -0.25) is 24.5 Å². The number of hydrogen-bond acceptors (Lipinski definition) is 9. The Labute approximate surface area is 269 Å². The summed E-state index contributed by atoms with van der Waals surface area (Å²) in [5.41, 5.74) is 1.29. The van der Waals surface area contributed by atoms with Gasteiger partial charge >= 0.3 is 0 Å². The van der Waals surface area contributed by atoms with Crippen LogP contribution in [0.5, 0.6) is 0 Å². The minimum Gasteiger partial charge on any atom is -0.379 e. The summed E-state index contributed by atoms with van der Waals surface area (Å²) < 4.78 is 10.6. The standard InChI is InChI=1S/C32H46N6O6S/c1-4-43-18-19-44-20-25(39)34-32-36-26(22-12-7-5-8-13-22)30(45-32)37-29(41)24-16-11-17-38(24)31(42)27(23-14-9-6-10-15-23)35-28(40)21(2)33-3/h5,7-8,12-13,21,23-24,27,33H,4,6,9-11,14-20H2,1-3H3,(H,35,40)(H,37,41)(H,34,36,39)/t21-,24-,27-/m0/s1. The van der Waals surface area contributed by atoms with E-state index in [4.69, 9.17) is 9.47 Å². The van der Waals surface area contributed by atoms with Crippen LogP contribution in [0.1, 0.15) is 58.8 Å². The van der Waals surface area contributed by atoms with Gasteiger partial charge in [-0.25, -0.2) is 4.98 Å². The lowest BCUT2D eigenvalue weighted by molar-refractivity contribution is -0.142. The van der Waals surface area contributed by atoms with E-state index in [1.165, 1.54) is 0 Å². The summed E-state index contributed by atoms with van der Waals surface area (Å²) in [6.07, 6.45) is 6.07. The molecule has 0 unspecified atom stereocenters. The van der Waals surface area contributed by atoms with E-state index in [-0.39, 0.29) is 36.2 Å². The van der Waals surface area contributed by atoms with E-state index in [0.29, 0.717) is 55.0 Å². The zero-order chi connectivity index (χ0) is 32.2. The molecule has 1 aliphatic carbocycles. The minimum atomic E-state index is -0.690. The monoisotopic (exact) mass is 642 g/mol. The summed E-state index contributed by atoms with van der Waals surface area (Å²) in [4.78, 5) is 59.5.